The number of hydrogen-bond acceptors (Lipinski definition) is 1. The molecule has 0 radical (unpaired) electrons. The molecule has 0 saturated carbocycles. The molecule has 0 amide bonds. The molecule has 0 aliphatic heterocycles. The highest BCUT2D eigenvalue weighted by molar-refractivity contribution is 9.09. The predicted octanol–water partition coefficient (Wildman–Crippen LogP) is 6.70. The zero-order chi connectivity index (χ0) is 15.3. The first-order chi connectivity index (χ1) is 9.83. The third-order valence-electron chi connectivity index (χ3n) is 3.49. The third kappa shape index (κ3) is 26.9. The van der Waals surface area contributed by atoms with Gasteiger partial charge in [0.25, 0.3) is 0 Å². The first-order valence-electron chi connectivity index (χ1n) is 8.97. The van der Waals surface area contributed by atoms with Crippen LogP contribution in [0.2, 0.25) is 0 Å². The van der Waals surface area contributed by atoms with Gasteiger partial charge in [-0.1, -0.05) is 106 Å². The second-order valence-corrected chi connectivity index (χ2v) is 6.58. The van der Waals surface area contributed by atoms with E-state index in [-0.39, 0.29) is 0 Å². The van der Waals surface area contributed by atoms with Crippen LogP contribution in [0.5, 0.6) is 0 Å². The Bertz CT molecular complexity index is 125. The highest BCUT2D eigenvalue weighted by Gasteiger charge is 1.93. The van der Waals surface area contributed by atoms with E-state index in [9.17, 15) is 0 Å². The van der Waals surface area contributed by atoms with Crippen molar-refractivity contribution in [2.45, 2.75) is 96.8 Å². The standard InChI is InChI=1S/C16H33Br.C2H7N/c1-2-3-4-5-6-7-8-9-10-11-12-13-14-15-16-17;1-3-2/h2-16H2,1H3;3H,1-2H3. The van der Waals surface area contributed by atoms with Gasteiger partial charge in [-0.3, -0.25) is 0 Å². The molecule has 0 aliphatic rings. The van der Waals surface area contributed by atoms with Gasteiger partial charge in [-0.2, -0.15) is 0 Å². The van der Waals surface area contributed by atoms with E-state index >= 15 is 0 Å². The molecular formula is C18H40BrN. The van der Waals surface area contributed by atoms with Crippen LogP contribution >= 0.6 is 15.9 Å². The number of halogens is 1. The maximum absolute atomic E-state index is 3.48. The summed E-state index contributed by atoms with van der Waals surface area (Å²) in [4.78, 5) is 0. The van der Waals surface area contributed by atoms with Crippen LogP contribution in [0.4, 0.5) is 0 Å². The summed E-state index contributed by atoms with van der Waals surface area (Å²) in [6, 6.07) is 0. The van der Waals surface area contributed by atoms with Gasteiger partial charge in [-0.25, -0.2) is 0 Å². The van der Waals surface area contributed by atoms with Crippen LogP contribution in [0, 0.1) is 0 Å². The molecule has 0 saturated heterocycles. The van der Waals surface area contributed by atoms with Gasteiger partial charge < -0.3 is 5.32 Å². The molecule has 0 unspecified atom stereocenters. The van der Waals surface area contributed by atoms with E-state index in [4.69, 9.17) is 0 Å². The Labute approximate surface area is 137 Å². The van der Waals surface area contributed by atoms with Crippen LogP contribution in [0.1, 0.15) is 96.8 Å². The maximum atomic E-state index is 3.48. The Morgan fingerprint density at radius 2 is 0.800 bits per heavy atom. The van der Waals surface area contributed by atoms with Crippen molar-refractivity contribution in [3.63, 3.8) is 0 Å². The van der Waals surface area contributed by atoms with E-state index in [0.29, 0.717) is 0 Å². The minimum Gasteiger partial charge on any atom is -0.323 e. The SMILES string of the molecule is CCCCCCCCCCCCCCCCBr.CNC. The summed E-state index contributed by atoms with van der Waals surface area (Å²) in [5.74, 6) is 0. The highest BCUT2D eigenvalue weighted by atomic mass is 79.9. The molecule has 1 N–H and O–H groups in total. The lowest BCUT2D eigenvalue weighted by Gasteiger charge is -2.02. The fraction of sp³-hybridized carbons (Fsp3) is 1.00. The predicted molar refractivity (Wildman–Crippen MR) is 99.1 cm³/mol. The van der Waals surface area contributed by atoms with Gasteiger partial charge in [0.2, 0.25) is 0 Å². The lowest BCUT2D eigenvalue weighted by molar-refractivity contribution is 0.538. The van der Waals surface area contributed by atoms with Crippen molar-refractivity contribution in [3.05, 3.63) is 0 Å². The van der Waals surface area contributed by atoms with Gasteiger partial charge in [-0.05, 0) is 20.5 Å². The smallest absolute Gasteiger partial charge is 0.00313 e. The topological polar surface area (TPSA) is 12.0 Å². The van der Waals surface area contributed by atoms with Crippen molar-refractivity contribution >= 4 is 15.9 Å². The van der Waals surface area contributed by atoms with Crippen LogP contribution in [0.25, 0.3) is 0 Å². The van der Waals surface area contributed by atoms with Crippen LogP contribution in [0.15, 0.2) is 0 Å². The summed E-state index contributed by atoms with van der Waals surface area (Å²) < 4.78 is 0. The summed E-state index contributed by atoms with van der Waals surface area (Å²) in [5.41, 5.74) is 0. The third-order valence-corrected chi connectivity index (χ3v) is 4.05. The molecule has 0 rings (SSSR count). The number of nitrogens with one attached hydrogen (secondary N) is 1. The molecular weight excluding hydrogens is 310 g/mol. The lowest BCUT2D eigenvalue weighted by atomic mass is 10.0. The van der Waals surface area contributed by atoms with E-state index in [1.165, 1.54) is 95.2 Å². The molecule has 0 aromatic carbocycles. The van der Waals surface area contributed by atoms with E-state index in [1.54, 1.807) is 0 Å². The molecule has 124 valence electrons. The van der Waals surface area contributed by atoms with Crippen LogP contribution in [-0.4, -0.2) is 19.4 Å². The Hall–Kier alpha value is 0.440. The fourth-order valence-corrected chi connectivity index (χ4v) is 2.69. The number of hydrogen-bond donors (Lipinski definition) is 1. The van der Waals surface area contributed by atoms with Crippen LogP contribution in [0.3, 0.4) is 0 Å². The van der Waals surface area contributed by atoms with Crippen LogP contribution < -0.4 is 5.32 Å². The van der Waals surface area contributed by atoms with Gasteiger partial charge in [0, 0.05) is 5.33 Å². The average molecular weight is 350 g/mol. The zero-order valence-electron chi connectivity index (χ0n) is 14.5. The summed E-state index contributed by atoms with van der Waals surface area (Å²) in [6.07, 6.45) is 20.3. The Balaban J connectivity index is 0. The van der Waals surface area contributed by atoms with Gasteiger partial charge in [-0.15, -0.1) is 0 Å². The first kappa shape index (κ1) is 22.7. The zero-order valence-corrected chi connectivity index (χ0v) is 16.1. The Morgan fingerprint density at radius 1 is 0.550 bits per heavy atom. The molecule has 0 heterocycles. The normalized spacial score (nSPS) is 10.2. The van der Waals surface area contributed by atoms with Crippen molar-refractivity contribution in [1.29, 1.82) is 0 Å². The monoisotopic (exact) mass is 349 g/mol. The molecule has 0 spiro atoms. The van der Waals surface area contributed by atoms with Crippen molar-refractivity contribution in [3.8, 4) is 0 Å². The fourth-order valence-electron chi connectivity index (χ4n) is 2.29. The van der Waals surface area contributed by atoms with Gasteiger partial charge in [0.1, 0.15) is 0 Å². The molecule has 2 heteroatoms. The van der Waals surface area contributed by atoms with Crippen LogP contribution in [-0.2, 0) is 0 Å². The minimum absolute atomic E-state index is 1.19. The van der Waals surface area contributed by atoms with E-state index < -0.39 is 0 Å². The number of alkyl halides is 1. The van der Waals surface area contributed by atoms with E-state index in [0.717, 1.165) is 0 Å². The largest absolute Gasteiger partial charge is 0.323 e. The van der Waals surface area contributed by atoms with Gasteiger partial charge in [0.15, 0.2) is 0 Å². The van der Waals surface area contributed by atoms with Crippen molar-refractivity contribution < 1.29 is 0 Å². The second-order valence-electron chi connectivity index (χ2n) is 5.79. The number of unbranched alkanes of at least 4 members (excludes halogenated alkanes) is 13. The Morgan fingerprint density at radius 3 is 1.05 bits per heavy atom. The molecule has 0 bridgehead atoms. The Kier molecular flexibility index (Phi) is 27.8. The molecule has 20 heavy (non-hydrogen) atoms. The summed E-state index contributed by atoms with van der Waals surface area (Å²) in [5, 5.41) is 3.94. The highest BCUT2D eigenvalue weighted by Crippen LogP contribution is 2.12. The van der Waals surface area contributed by atoms with Crippen molar-refractivity contribution in [2.75, 3.05) is 19.4 Å². The summed E-state index contributed by atoms with van der Waals surface area (Å²) in [6.45, 7) is 2.29. The molecule has 0 fully saturated rings. The summed E-state index contributed by atoms with van der Waals surface area (Å²) in [7, 11) is 3.75. The maximum Gasteiger partial charge on any atom is 0.00313 e. The first-order valence-corrected chi connectivity index (χ1v) is 10.1. The lowest BCUT2D eigenvalue weighted by Crippen LogP contribution is -1.89. The molecule has 0 atom stereocenters. The quantitative estimate of drug-likeness (QED) is 0.271. The average Bonchev–Trinajstić information content (AvgIpc) is 2.45. The second kappa shape index (κ2) is 24.5. The van der Waals surface area contributed by atoms with Gasteiger partial charge in [0.05, 0.1) is 0 Å². The van der Waals surface area contributed by atoms with Crippen molar-refractivity contribution in [2.24, 2.45) is 0 Å². The molecule has 0 aromatic rings. The molecule has 0 aliphatic carbocycles. The van der Waals surface area contributed by atoms with Crippen molar-refractivity contribution in [1.82, 2.24) is 5.32 Å². The van der Waals surface area contributed by atoms with E-state index in [2.05, 4.69) is 28.2 Å². The summed E-state index contributed by atoms with van der Waals surface area (Å²) >= 11 is 3.48. The van der Waals surface area contributed by atoms with Gasteiger partial charge >= 0.3 is 0 Å². The minimum atomic E-state index is 1.19. The molecule has 1 nitrogen and oxygen atoms in total. The van der Waals surface area contributed by atoms with E-state index in [1.807, 2.05) is 14.1 Å². The molecule has 0 aromatic heterocycles. The number of rotatable bonds is 14.